The van der Waals surface area contributed by atoms with Crippen molar-refractivity contribution in [2.24, 2.45) is 0 Å². The molecule has 0 fully saturated rings. The van der Waals surface area contributed by atoms with Crippen LogP contribution in [0.5, 0.6) is 0 Å². The number of sulfone groups is 1. The number of benzene rings is 1. The minimum Gasteiger partial charge on any atom is -0.325 e. The SMILES string of the molecule is CCCCn1nnnc1CS(=O)(=O)CC(=O)Nc1ccc(CC)cc1. The van der Waals surface area contributed by atoms with Crippen LogP contribution in [-0.2, 0) is 33.4 Å². The molecule has 0 atom stereocenters. The maximum atomic E-state index is 12.3. The third kappa shape index (κ3) is 5.93. The molecule has 0 spiro atoms. The molecule has 1 N–H and O–H groups in total. The van der Waals surface area contributed by atoms with Crippen LogP contribution in [0, 0.1) is 0 Å². The second kappa shape index (κ2) is 8.70. The molecule has 1 amide bonds. The van der Waals surface area contributed by atoms with Gasteiger partial charge < -0.3 is 5.32 Å². The van der Waals surface area contributed by atoms with Gasteiger partial charge in [-0.2, -0.15) is 0 Å². The fourth-order valence-corrected chi connectivity index (χ4v) is 3.45. The smallest absolute Gasteiger partial charge is 0.239 e. The summed E-state index contributed by atoms with van der Waals surface area (Å²) in [7, 11) is -3.66. The number of carbonyl (C=O) groups excluding carboxylic acids is 1. The molecule has 1 aromatic carbocycles. The van der Waals surface area contributed by atoms with Crippen LogP contribution in [-0.4, -0.2) is 40.3 Å². The third-order valence-corrected chi connectivity index (χ3v) is 5.08. The highest BCUT2D eigenvalue weighted by atomic mass is 32.2. The Bertz CT molecular complexity index is 799. The minimum absolute atomic E-state index is 0.258. The molecule has 1 heterocycles. The lowest BCUT2D eigenvalue weighted by Gasteiger charge is -2.07. The lowest BCUT2D eigenvalue weighted by Crippen LogP contribution is -2.25. The van der Waals surface area contributed by atoms with E-state index in [0.717, 1.165) is 24.8 Å². The molecule has 0 bridgehead atoms. The summed E-state index contributed by atoms with van der Waals surface area (Å²) < 4.78 is 26.0. The number of carbonyl (C=O) groups is 1. The van der Waals surface area contributed by atoms with E-state index in [2.05, 4.69) is 20.8 Å². The maximum absolute atomic E-state index is 12.3. The lowest BCUT2D eigenvalue weighted by molar-refractivity contribution is -0.113. The van der Waals surface area contributed by atoms with Crippen LogP contribution in [0.1, 0.15) is 38.1 Å². The average Bonchev–Trinajstić information content (AvgIpc) is 2.99. The van der Waals surface area contributed by atoms with Gasteiger partial charge in [-0.3, -0.25) is 4.79 Å². The first-order valence-electron chi connectivity index (χ1n) is 8.27. The molecule has 0 radical (unpaired) electrons. The number of rotatable bonds is 9. The molecule has 0 saturated heterocycles. The summed E-state index contributed by atoms with van der Waals surface area (Å²) in [6.45, 7) is 4.62. The number of tetrazole rings is 1. The van der Waals surface area contributed by atoms with Gasteiger partial charge in [-0.25, -0.2) is 13.1 Å². The molecule has 136 valence electrons. The zero-order valence-corrected chi connectivity index (χ0v) is 15.3. The molecule has 9 heteroatoms. The van der Waals surface area contributed by atoms with Gasteiger partial charge in [-0.15, -0.1) is 5.10 Å². The number of amides is 1. The van der Waals surface area contributed by atoms with Gasteiger partial charge in [-0.05, 0) is 41.0 Å². The molecule has 0 aliphatic heterocycles. The number of nitrogens with one attached hydrogen (secondary N) is 1. The van der Waals surface area contributed by atoms with E-state index in [-0.39, 0.29) is 11.6 Å². The van der Waals surface area contributed by atoms with Crippen LogP contribution in [0.3, 0.4) is 0 Å². The van der Waals surface area contributed by atoms with Crippen molar-refractivity contribution in [3.8, 4) is 0 Å². The fraction of sp³-hybridized carbons (Fsp3) is 0.500. The van der Waals surface area contributed by atoms with Gasteiger partial charge in [0.1, 0.15) is 11.5 Å². The van der Waals surface area contributed by atoms with Crippen LogP contribution in [0.2, 0.25) is 0 Å². The lowest BCUT2D eigenvalue weighted by atomic mass is 10.1. The van der Waals surface area contributed by atoms with Crippen molar-refractivity contribution in [1.82, 2.24) is 20.2 Å². The van der Waals surface area contributed by atoms with E-state index in [9.17, 15) is 13.2 Å². The van der Waals surface area contributed by atoms with Crippen molar-refractivity contribution in [3.05, 3.63) is 35.7 Å². The molecular formula is C16H23N5O3S. The first-order valence-corrected chi connectivity index (χ1v) is 10.1. The van der Waals surface area contributed by atoms with E-state index in [4.69, 9.17) is 0 Å². The number of unbranched alkanes of at least 4 members (excludes halogenated alkanes) is 1. The molecule has 0 aliphatic rings. The van der Waals surface area contributed by atoms with E-state index in [1.54, 1.807) is 12.1 Å². The molecule has 2 aromatic rings. The number of hydrogen-bond acceptors (Lipinski definition) is 6. The Hall–Kier alpha value is -2.29. The third-order valence-electron chi connectivity index (χ3n) is 3.68. The standard InChI is InChI=1S/C16H23N5O3S/c1-3-5-10-21-15(18-19-20-21)11-25(23,24)12-16(22)17-14-8-6-13(4-2)7-9-14/h6-9H,3-5,10-12H2,1-2H3,(H,17,22). The van der Waals surface area contributed by atoms with Crippen molar-refractivity contribution in [3.63, 3.8) is 0 Å². The Morgan fingerprint density at radius 3 is 2.56 bits per heavy atom. The molecule has 0 saturated carbocycles. The van der Waals surface area contributed by atoms with Crippen LogP contribution in [0.25, 0.3) is 0 Å². The van der Waals surface area contributed by atoms with Crippen molar-refractivity contribution in [2.75, 3.05) is 11.1 Å². The summed E-state index contributed by atoms with van der Waals surface area (Å²) in [6.07, 6.45) is 2.70. The molecule has 25 heavy (non-hydrogen) atoms. The Balaban J connectivity index is 1.95. The van der Waals surface area contributed by atoms with Crippen LogP contribution < -0.4 is 5.32 Å². The first-order chi connectivity index (χ1) is 11.9. The van der Waals surface area contributed by atoms with Gasteiger partial charge in [0.25, 0.3) is 0 Å². The van der Waals surface area contributed by atoms with Crippen molar-refractivity contribution < 1.29 is 13.2 Å². The summed E-state index contributed by atoms with van der Waals surface area (Å²) in [5.74, 6) is -1.28. The summed E-state index contributed by atoms with van der Waals surface area (Å²) in [4.78, 5) is 12.0. The number of anilines is 1. The summed E-state index contributed by atoms with van der Waals surface area (Å²) in [6, 6.07) is 7.31. The Kier molecular flexibility index (Phi) is 6.63. The Morgan fingerprint density at radius 1 is 1.20 bits per heavy atom. The molecule has 0 unspecified atom stereocenters. The van der Waals surface area contributed by atoms with Gasteiger partial charge in [0.05, 0.1) is 0 Å². The van der Waals surface area contributed by atoms with Crippen LogP contribution >= 0.6 is 0 Å². The predicted molar refractivity (Wildman–Crippen MR) is 94.7 cm³/mol. The van der Waals surface area contributed by atoms with Gasteiger partial charge in [0.2, 0.25) is 5.91 Å². The number of hydrogen-bond donors (Lipinski definition) is 1. The second-order valence-corrected chi connectivity index (χ2v) is 7.87. The first kappa shape index (κ1) is 19.0. The van der Waals surface area contributed by atoms with E-state index in [1.165, 1.54) is 4.68 Å². The van der Waals surface area contributed by atoms with Gasteiger partial charge in [0, 0.05) is 12.2 Å². The van der Waals surface area contributed by atoms with Crippen molar-refractivity contribution in [2.45, 2.75) is 45.4 Å². The van der Waals surface area contributed by atoms with Gasteiger partial charge in [0.15, 0.2) is 15.7 Å². The zero-order valence-electron chi connectivity index (χ0n) is 14.5. The summed E-state index contributed by atoms with van der Waals surface area (Å²) in [5, 5.41) is 13.7. The largest absolute Gasteiger partial charge is 0.325 e. The average molecular weight is 365 g/mol. The second-order valence-electron chi connectivity index (χ2n) is 5.80. The molecule has 2 rings (SSSR count). The minimum atomic E-state index is -3.66. The van der Waals surface area contributed by atoms with E-state index >= 15 is 0 Å². The fourth-order valence-electron chi connectivity index (χ4n) is 2.28. The van der Waals surface area contributed by atoms with E-state index < -0.39 is 21.5 Å². The highest BCUT2D eigenvalue weighted by Crippen LogP contribution is 2.11. The number of nitrogens with zero attached hydrogens (tertiary/aromatic N) is 4. The molecule has 8 nitrogen and oxygen atoms in total. The molecule has 0 aliphatic carbocycles. The maximum Gasteiger partial charge on any atom is 0.239 e. The van der Waals surface area contributed by atoms with Gasteiger partial charge >= 0.3 is 0 Å². The normalized spacial score (nSPS) is 11.4. The Labute approximate surface area is 147 Å². The monoisotopic (exact) mass is 365 g/mol. The van der Waals surface area contributed by atoms with E-state index in [1.807, 2.05) is 26.0 Å². The van der Waals surface area contributed by atoms with Crippen LogP contribution in [0.4, 0.5) is 5.69 Å². The zero-order chi connectivity index (χ0) is 18.3. The molecular weight excluding hydrogens is 342 g/mol. The Morgan fingerprint density at radius 2 is 1.92 bits per heavy atom. The topological polar surface area (TPSA) is 107 Å². The van der Waals surface area contributed by atoms with Crippen LogP contribution in [0.15, 0.2) is 24.3 Å². The number of aryl methyl sites for hydroxylation is 2. The van der Waals surface area contributed by atoms with E-state index in [0.29, 0.717) is 12.2 Å². The van der Waals surface area contributed by atoms with Crippen molar-refractivity contribution >= 4 is 21.4 Å². The molecule has 1 aromatic heterocycles. The summed E-state index contributed by atoms with van der Waals surface area (Å²) in [5.41, 5.74) is 1.72. The quantitative estimate of drug-likeness (QED) is 0.723. The van der Waals surface area contributed by atoms with Crippen molar-refractivity contribution in [1.29, 1.82) is 0 Å². The summed E-state index contributed by atoms with van der Waals surface area (Å²) >= 11 is 0. The highest BCUT2D eigenvalue weighted by Gasteiger charge is 2.21. The van der Waals surface area contributed by atoms with Gasteiger partial charge in [-0.1, -0.05) is 32.4 Å². The predicted octanol–water partition coefficient (Wildman–Crippen LogP) is 1.59. The highest BCUT2D eigenvalue weighted by molar-refractivity contribution is 7.91. The number of aromatic nitrogens is 4.